The Hall–Kier alpha value is -1.67. The van der Waals surface area contributed by atoms with Gasteiger partial charge in [0, 0.05) is 4.83 Å². The molecule has 0 radical (unpaired) electrons. The van der Waals surface area contributed by atoms with Gasteiger partial charge in [0.25, 0.3) is 0 Å². The molecule has 1 atom stereocenters. The van der Waals surface area contributed by atoms with Crippen molar-refractivity contribution >= 4 is 26.7 Å². The molecule has 2 heteroatoms. The maximum Gasteiger partial charge on any atom is 0.123 e. The molecule has 0 fully saturated rings. The highest BCUT2D eigenvalue weighted by Gasteiger charge is 2.11. The van der Waals surface area contributed by atoms with Crippen molar-refractivity contribution in [3.8, 4) is 0 Å². The molecule has 20 heavy (non-hydrogen) atoms. The molecular weight excluding hydrogens is 315 g/mol. The first-order valence-electron chi connectivity index (χ1n) is 6.60. The highest BCUT2D eigenvalue weighted by molar-refractivity contribution is 9.09. The van der Waals surface area contributed by atoms with E-state index in [1.54, 1.807) is 0 Å². The third kappa shape index (κ3) is 2.75. The second kappa shape index (κ2) is 5.76. The highest BCUT2D eigenvalue weighted by atomic mass is 79.9. The molecule has 0 aliphatic rings. The normalized spacial score (nSPS) is 12.5. The van der Waals surface area contributed by atoms with Gasteiger partial charge < -0.3 is 0 Å². The van der Waals surface area contributed by atoms with E-state index in [0.717, 1.165) is 12.0 Å². The summed E-state index contributed by atoms with van der Waals surface area (Å²) in [6.07, 6.45) is 0.842. The molecule has 1 unspecified atom stereocenters. The van der Waals surface area contributed by atoms with Crippen molar-refractivity contribution in [1.82, 2.24) is 0 Å². The van der Waals surface area contributed by atoms with E-state index in [-0.39, 0.29) is 10.6 Å². The summed E-state index contributed by atoms with van der Waals surface area (Å²) in [5.41, 5.74) is 2.40. The zero-order valence-electron chi connectivity index (χ0n) is 10.9. The molecule has 0 amide bonds. The van der Waals surface area contributed by atoms with E-state index in [9.17, 15) is 4.39 Å². The molecule has 3 aromatic carbocycles. The van der Waals surface area contributed by atoms with E-state index in [0.29, 0.717) is 0 Å². The Balaban J connectivity index is 1.92. The van der Waals surface area contributed by atoms with E-state index < -0.39 is 0 Å². The number of fused-ring (bicyclic) bond motifs is 1. The molecule has 0 aliphatic carbocycles. The number of rotatable bonds is 3. The second-order valence-corrected chi connectivity index (χ2v) is 5.97. The summed E-state index contributed by atoms with van der Waals surface area (Å²) in [6, 6.07) is 21.4. The Morgan fingerprint density at radius 3 is 2.35 bits per heavy atom. The second-order valence-electron chi connectivity index (χ2n) is 4.87. The van der Waals surface area contributed by atoms with E-state index in [2.05, 4.69) is 58.4 Å². The smallest absolute Gasteiger partial charge is 0.123 e. The molecule has 0 bridgehead atoms. The van der Waals surface area contributed by atoms with Crippen LogP contribution in [-0.4, -0.2) is 0 Å². The molecule has 3 aromatic rings. The van der Waals surface area contributed by atoms with Crippen LogP contribution in [0.25, 0.3) is 10.8 Å². The van der Waals surface area contributed by atoms with Gasteiger partial charge in [0.1, 0.15) is 5.82 Å². The molecular formula is C18H14BrF. The summed E-state index contributed by atoms with van der Waals surface area (Å²) in [5.74, 6) is -0.190. The Bertz CT molecular complexity index is 714. The van der Waals surface area contributed by atoms with Crippen LogP contribution in [0, 0.1) is 5.82 Å². The first kappa shape index (κ1) is 13.3. The van der Waals surface area contributed by atoms with Crippen LogP contribution in [0.2, 0.25) is 0 Å². The zero-order valence-corrected chi connectivity index (χ0v) is 12.5. The van der Waals surface area contributed by atoms with Crippen LogP contribution in [0.1, 0.15) is 16.0 Å². The van der Waals surface area contributed by atoms with E-state index in [4.69, 9.17) is 0 Å². The van der Waals surface area contributed by atoms with E-state index >= 15 is 0 Å². The van der Waals surface area contributed by atoms with E-state index in [1.807, 2.05) is 12.1 Å². The molecule has 3 rings (SSSR count). The lowest BCUT2D eigenvalue weighted by atomic mass is 9.98. The third-order valence-corrected chi connectivity index (χ3v) is 4.31. The van der Waals surface area contributed by atoms with Gasteiger partial charge in [-0.05, 0) is 40.5 Å². The molecule has 100 valence electrons. The third-order valence-electron chi connectivity index (χ3n) is 3.49. The summed E-state index contributed by atoms with van der Waals surface area (Å²) >= 11 is 3.77. The summed E-state index contributed by atoms with van der Waals surface area (Å²) in [7, 11) is 0. The predicted octanol–water partition coefficient (Wildman–Crippen LogP) is 5.66. The van der Waals surface area contributed by atoms with Crippen LogP contribution < -0.4 is 0 Å². The number of halogens is 2. The average molecular weight is 329 g/mol. The van der Waals surface area contributed by atoms with Crippen molar-refractivity contribution in [3.63, 3.8) is 0 Å². The molecule has 0 saturated carbocycles. The lowest BCUT2D eigenvalue weighted by Gasteiger charge is -2.13. The summed E-state index contributed by atoms with van der Waals surface area (Å²) in [6.45, 7) is 0. The Morgan fingerprint density at radius 1 is 0.850 bits per heavy atom. The fourth-order valence-electron chi connectivity index (χ4n) is 2.46. The average Bonchev–Trinajstić information content (AvgIpc) is 2.49. The van der Waals surface area contributed by atoms with Gasteiger partial charge in [-0.15, -0.1) is 0 Å². The maximum atomic E-state index is 12.9. The SMILES string of the molecule is Fc1ccc(CC(Br)c2cccc3ccccc23)cc1. The quantitative estimate of drug-likeness (QED) is 0.544. The van der Waals surface area contributed by atoms with Gasteiger partial charge in [-0.2, -0.15) is 0 Å². The van der Waals surface area contributed by atoms with Crippen molar-refractivity contribution in [1.29, 1.82) is 0 Å². The Kier molecular flexibility index (Phi) is 3.83. The van der Waals surface area contributed by atoms with Gasteiger partial charge in [0.05, 0.1) is 0 Å². The van der Waals surface area contributed by atoms with Gasteiger partial charge in [0.15, 0.2) is 0 Å². The van der Waals surface area contributed by atoms with Crippen LogP contribution in [0.15, 0.2) is 66.7 Å². The van der Waals surface area contributed by atoms with Crippen molar-refractivity contribution in [2.75, 3.05) is 0 Å². The van der Waals surface area contributed by atoms with Crippen molar-refractivity contribution in [2.24, 2.45) is 0 Å². The largest absolute Gasteiger partial charge is 0.207 e. The molecule has 0 aliphatic heterocycles. The Labute approximate surface area is 126 Å². The predicted molar refractivity (Wildman–Crippen MR) is 85.7 cm³/mol. The topological polar surface area (TPSA) is 0 Å². The van der Waals surface area contributed by atoms with Gasteiger partial charge in [-0.1, -0.05) is 70.5 Å². The van der Waals surface area contributed by atoms with Crippen molar-refractivity contribution in [2.45, 2.75) is 11.2 Å². The zero-order chi connectivity index (χ0) is 13.9. The van der Waals surface area contributed by atoms with Crippen LogP contribution in [0.5, 0.6) is 0 Å². The molecule has 0 spiro atoms. The van der Waals surface area contributed by atoms with Gasteiger partial charge >= 0.3 is 0 Å². The number of hydrogen-bond acceptors (Lipinski definition) is 0. The standard InChI is InChI=1S/C18H14BrF/c19-18(12-13-8-10-15(20)11-9-13)17-7-3-5-14-4-1-2-6-16(14)17/h1-11,18H,12H2. The van der Waals surface area contributed by atoms with Crippen LogP contribution in [0.3, 0.4) is 0 Å². The first-order chi connectivity index (χ1) is 9.74. The molecule has 0 heterocycles. The molecule has 0 nitrogen and oxygen atoms in total. The fourth-order valence-corrected chi connectivity index (χ4v) is 3.23. The lowest BCUT2D eigenvalue weighted by molar-refractivity contribution is 0.627. The summed E-state index contributed by atoms with van der Waals surface area (Å²) in [4.78, 5) is 0.221. The van der Waals surface area contributed by atoms with Crippen LogP contribution in [-0.2, 0) is 6.42 Å². The Morgan fingerprint density at radius 2 is 1.55 bits per heavy atom. The lowest BCUT2D eigenvalue weighted by Crippen LogP contribution is -1.96. The number of alkyl halides is 1. The molecule has 0 saturated heterocycles. The first-order valence-corrected chi connectivity index (χ1v) is 7.52. The minimum atomic E-state index is -0.190. The minimum absolute atomic E-state index is 0.190. The fraction of sp³-hybridized carbons (Fsp3) is 0.111. The van der Waals surface area contributed by atoms with E-state index in [1.165, 1.54) is 28.5 Å². The maximum absolute atomic E-state index is 12.9. The van der Waals surface area contributed by atoms with Crippen LogP contribution >= 0.6 is 15.9 Å². The van der Waals surface area contributed by atoms with Crippen molar-refractivity contribution in [3.05, 3.63) is 83.7 Å². The number of benzene rings is 3. The summed E-state index contributed by atoms with van der Waals surface area (Å²) < 4.78 is 12.9. The summed E-state index contributed by atoms with van der Waals surface area (Å²) in [5, 5.41) is 2.51. The van der Waals surface area contributed by atoms with Gasteiger partial charge in [0.2, 0.25) is 0 Å². The molecule has 0 N–H and O–H groups in total. The minimum Gasteiger partial charge on any atom is -0.207 e. The molecule has 0 aromatic heterocycles. The van der Waals surface area contributed by atoms with Crippen molar-refractivity contribution < 1.29 is 4.39 Å². The monoisotopic (exact) mass is 328 g/mol. The van der Waals surface area contributed by atoms with Gasteiger partial charge in [-0.3, -0.25) is 0 Å². The van der Waals surface area contributed by atoms with Crippen LogP contribution in [0.4, 0.5) is 4.39 Å². The van der Waals surface area contributed by atoms with Gasteiger partial charge in [-0.25, -0.2) is 4.39 Å². The number of hydrogen-bond donors (Lipinski definition) is 0. The highest BCUT2D eigenvalue weighted by Crippen LogP contribution is 2.32.